The van der Waals surface area contributed by atoms with Crippen molar-refractivity contribution < 1.29 is 9.53 Å². The van der Waals surface area contributed by atoms with E-state index in [2.05, 4.69) is 24.8 Å². The average Bonchev–Trinajstić information content (AvgIpc) is 2.80. The maximum Gasteiger partial charge on any atom is 0.159 e. The highest BCUT2D eigenvalue weighted by molar-refractivity contribution is 5.94. The summed E-state index contributed by atoms with van der Waals surface area (Å²) in [4.78, 5) is 13.7. The lowest BCUT2D eigenvalue weighted by Crippen LogP contribution is -2.25. The summed E-state index contributed by atoms with van der Waals surface area (Å²) in [6.07, 6.45) is 2.15. The summed E-state index contributed by atoms with van der Waals surface area (Å²) in [6, 6.07) is 6.05. The van der Waals surface area contributed by atoms with Gasteiger partial charge in [-0.25, -0.2) is 0 Å². The summed E-state index contributed by atoms with van der Waals surface area (Å²) in [7, 11) is 0. The standard InChI is InChI=1S/C17H25NO2/c1-13(2)7-10-20-11-9-18-8-6-16-12-15(14(3)19)4-5-17(16)18/h4-5,12-13H,6-11H2,1-3H3. The Morgan fingerprint density at radius 2 is 2.15 bits per heavy atom. The van der Waals surface area contributed by atoms with Crippen molar-refractivity contribution in [3.63, 3.8) is 0 Å². The molecule has 0 atom stereocenters. The normalized spacial score (nSPS) is 13.9. The number of hydrogen-bond acceptors (Lipinski definition) is 3. The second-order valence-corrected chi connectivity index (χ2v) is 5.93. The van der Waals surface area contributed by atoms with Gasteiger partial charge in [0.05, 0.1) is 6.61 Å². The van der Waals surface area contributed by atoms with Crippen LogP contribution >= 0.6 is 0 Å². The van der Waals surface area contributed by atoms with Crippen LogP contribution in [-0.2, 0) is 11.2 Å². The highest BCUT2D eigenvalue weighted by atomic mass is 16.5. The van der Waals surface area contributed by atoms with Crippen LogP contribution in [0, 0.1) is 5.92 Å². The first-order valence-corrected chi connectivity index (χ1v) is 7.54. The van der Waals surface area contributed by atoms with Gasteiger partial charge < -0.3 is 9.64 Å². The minimum absolute atomic E-state index is 0.142. The summed E-state index contributed by atoms with van der Waals surface area (Å²) in [5.74, 6) is 0.843. The van der Waals surface area contributed by atoms with Gasteiger partial charge in [0.2, 0.25) is 0 Å². The molecule has 0 amide bonds. The largest absolute Gasteiger partial charge is 0.380 e. The highest BCUT2D eigenvalue weighted by Gasteiger charge is 2.19. The second kappa shape index (κ2) is 6.89. The van der Waals surface area contributed by atoms with Crippen LogP contribution in [0.15, 0.2) is 18.2 Å². The molecule has 0 aromatic heterocycles. The molecule has 0 fully saturated rings. The molecule has 2 rings (SSSR count). The van der Waals surface area contributed by atoms with Crippen molar-refractivity contribution in [3.8, 4) is 0 Å². The van der Waals surface area contributed by atoms with Gasteiger partial charge in [-0.05, 0) is 49.4 Å². The van der Waals surface area contributed by atoms with Crippen LogP contribution in [0.1, 0.15) is 43.1 Å². The minimum atomic E-state index is 0.142. The molecule has 1 aliphatic rings. The second-order valence-electron chi connectivity index (χ2n) is 5.93. The van der Waals surface area contributed by atoms with Gasteiger partial charge in [-0.15, -0.1) is 0 Å². The van der Waals surface area contributed by atoms with Crippen LogP contribution in [-0.4, -0.2) is 32.1 Å². The number of fused-ring (bicyclic) bond motifs is 1. The van der Waals surface area contributed by atoms with Crippen LogP contribution in [0.5, 0.6) is 0 Å². The number of carbonyl (C=O) groups is 1. The molecule has 0 N–H and O–H groups in total. The van der Waals surface area contributed by atoms with Crippen molar-refractivity contribution in [3.05, 3.63) is 29.3 Å². The quantitative estimate of drug-likeness (QED) is 0.565. The van der Waals surface area contributed by atoms with Crippen LogP contribution in [0.4, 0.5) is 5.69 Å². The first-order valence-electron chi connectivity index (χ1n) is 7.54. The number of benzene rings is 1. The molecule has 3 heteroatoms. The monoisotopic (exact) mass is 275 g/mol. The van der Waals surface area contributed by atoms with Gasteiger partial charge in [-0.3, -0.25) is 4.79 Å². The van der Waals surface area contributed by atoms with Crippen LogP contribution in [0.25, 0.3) is 0 Å². The number of Topliss-reactive ketones (excluding diaryl/α,β-unsaturated/α-hetero) is 1. The van der Waals surface area contributed by atoms with E-state index in [1.54, 1.807) is 6.92 Å². The maximum atomic E-state index is 11.4. The zero-order valence-corrected chi connectivity index (χ0v) is 12.8. The Kier molecular flexibility index (Phi) is 5.18. The molecule has 0 aliphatic carbocycles. The predicted octanol–water partition coefficient (Wildman–Crippen LogP) is 3.31. The van der Waals surface area contributed by atoms with Gasteiger partial charge in [-0.2, -0.15) is 0 Å². The molecule has 0 saturated heterocycles. The lowest BCUT2D eigenvalue weighted by atomic mass is 10.1. The predicted molar refractivity (Wildman–Crippen MR) is 82.6 cm³/mol. The number of carbonyl (C=O) groups excluding carboxylic acids is 1. The number of ketones is 1. The van der Waals surface area contributed by atoms with Gasteiger partial charge in [-0.1, -0.05) is 13.8 Å². The van der Waals surface area contributed by atoms with Crippen molar-refractivity contribution in [2.75, 3.05) is 31.2 Å². The Balaban J connectivity index is 1.84. The molecule has 0 unspecified atom stereocenters. The number of nitrogens with zero attached hydrogens (tertiary/aromatic N) is 1. The van der Waals surface area contributed by atoms with E-state index >= 15 is 0 Å². The van der Waals surface area contributed by atoms with Crippen molar-refractivity contribution in [1.29, 1.82) is 0 Å². The fourth-order valence-corrected chi connectivity index (χ4v) is 2.52. The first kappa shape index (κ1) is 15.0. The number of rotatable bonds is 7. The summed E-state index contributed by atoms with van der Waals surface area (Å²) in [5.41, 5.74) is 3.38. The SMILES string of the molecule is CC(=O)c1ccc2c(c1)CCN2CCOCCC(C)C. The van der Waals surface area contributed by atoms with E-state index in [9.17, 15) is 4.79 Å². The van der Waals surface area contributed by atoms with E-state index in [1.165, 1.54) is 11.3 Å². The molecule has 20 heavy (non-hydrogen) atoms. The Morgan fingerprint density at radius 1 is 1.35 bits per heavy atom. The fourth-order valence-electron chi connectivity index (χ4n) is 2.52. The third-order valence-corrected chi connectivity index (χ3v) is 3.82. The summed E-state index contributed by atoms with van der Waals surface area (Å²) in [6.45, 7) is 9.65. The number of hydrogen-bond donors (Lipinski definition) is 0. The molecular formula is C17H25NO2. The Labute approximate surface area is 121 Å². The van der Waals surface area contributed by atoms with Crippen LogP contribution in [0.2, 0.25) is 0 Å². The molecule has 3 nitrogen and oxygen atoms in total. The van der Waals surface area contributed by atoms with Gasteiger partial charge in [0.15, 0.2) is 5.78 Å². The smallest absolute Gasteiger partial charge is 0.159 e. The zero-order chi connectivity index (χ0) is 14.5. The van der Waals surface area contributed by atoms with Gasteiger partial charge in [0.1, 0.15) is 0 Å². The molecule has 110 valence electrons. The van der Waals surface area contributed by atoms with E-state index in [-0.39, 0.29) is 5.78 Å². The van der Waals surface area contributed by atoms with Crippen molar-refractivity contribution in [2.24, 2.45) is 5.92 Å². The van der Waals surface area contributed by atoms with Gasteiger partial charge in [0, 0.05) is 30.9 Å². The van der Waals surface area contributed by atoms with E-state index in [1.807, 2.05) is 12.1 Å². The Morgan fingerprint density at radius 3 is 2.85 bits per heavy atom. The topological polar surface area (TPSA) is 29.5 Å². The Bertz CT molecular complexity index is 468. The Hall–Kier alpha value is -1.35. The third-order valence-electron chi connectivity index (χ3n) is 3.82. The molecule has 1 aliphatic heterocycles. The van der Waals surface area contributed by atoms with Crippen LogP contribution < -0.4 is 4.90 Å². The molecule has 1 aromatic rings. The lowest BCUT2D eigenvalue weighted by molar-refractivity contribution is 0.101. The van der Waals surface area contributed by atoms with E-state index < -0.39 is 0 Å². The van der Waals surface area contributed by atoms with E-state index in [4.69, 9.17) is 4.74 Å². The molecule has 0 bridgehead atoms. The minimum Gasteiger partial charge on any atom is -0.380 e. The van der Waals surface area contributed by atoms with Gasteiger partial charge >= 0.3 is 0 Å². The van der Waals surface area contributed by atoms with Crippen molar-refractivity contribution in [1.82, 2.24) is 0 Å². The number of ether oxygens (including phenoxy) is 1. The molecule has 1 aromatic carbocycles. The van der Waals surface area contributed by atoms with Crippen molar-refractivity contribution in [2.45, 2.75) is 33.6 Å². The fraction of sp³-hybridized carbons (Fsp3) is 0.588. The molecule has 0 radical (unpaired) electrons. The summed E-state index contributed by atoms with van der Waals surface area (Å²) >= 11 is 0. The zero-order valence-electron chi connectivity index (χ0n) is 12.8. The molecule has 0 saturated carbocycles. The maximum absolute atomic E-state index is 11.4. The highest BCUT2D eigenvalue weighted by Crippen LogP contribution is 2.28. The molecule has 0 spiro atoms. The first-order chi connectivity index (χ1) is 9.58. The molecule has 1 heterocycles. The molecular weight excluding hydrogens is 250 g/mol. The van der Waals surface area contributed by atoms with E-state index in [0.717, 1.165) is 44.7 Å². The van der Waals surface area contributed by atoms with Crippen molar-refractivity contribution >= 4 is 11.5 Å². The number of anilines is 1. The third kappa shape index (κ3) is 3.83. The van der Waals surface area contributed by atoms with Gasteiger partial charge in [0.25, 0.3) is 0 Å². The lowest BCUT2D eigenvalue weighted by Gasteiger charge is -2.19. The van der Waals surface area contributed by atoms with E-state index in [0.29, 0.717) is 5.92 Å². The average molecular weight is 275 g/mol. The summed E-state index contributed by atoms with van der Waals surface area (Å²) in [5, 5.41) is 0. The summed E-state index contributed by atoms with van der Waals surface area (Å²) < 4.78 is 5.69. The van der Waals surface area contributed by atoms with Crippen LogP contribution in [0.3, 0.4) is 0 Å².